The molecule has 116 valence electrons. The van der Waals surface area contributed by atoms with Crippen LogP contribution in [0.5, 0.6) is 0 Å². The molecule has 0 aromatic rings. The first-order valence-corrected chi connectivity index (χ1v) is 8.22. The Morgan fingerprint density at radius 1 is 1.29 bits per heavy atom. The highest BCUT2D eigenvalue weighted by atomic mass is 16.3. The van der Waals surface area contributed by atoms with Crippen molar-refractivity contribution in [3.05, 3.63) is 34.9 Å². The van der Waals surface area contributed by atoms with E-state index in [4.69, 9.17) is 0 Å². The van der Waals surface area contributed by atoms with Gasteiger partial charge < -0.3 is 5.11 Å². The highest BCUT2D eigenvalue weighted by molar-refractivity contribution is 5.22. The predicted molar refractivity (Wildman–Crippen MR) is 92.0 cm³/mol. The van der Waals surface area contributed by atoms with Crippen molar-refractivity contribution in [1.29, 1.82) is 0 Å². The molecule has 1 unspecified atom stereocenters. The van der Waals surface area contributed by atoms with Crippen LogP contribution < -0.4 is 0 Å². The molecule has 0 bridgehead atoms. The fourth-order valence-electron chi connectivity index (χ4n) is 2.76. The highest BCUT2D eigenvalue weighted by Crippen LogP contribution is 2.29. The average molecular weight is 286 g/mol. The average Bonchev–Trinajstić information content (AvgIpc) is 2.78. The molecule has 1 rings (SSSR count). The third-order valence-electron chi connectivity index (χ3n) is 4.13. The molecule has 0 amide bonds. The second kappa shape index (κ2) is 10.5. The van der Waals surface area contributed by atoms with Crippen molar-refractivity contribution in [3.8, 4) is 11.8 Å². The lowest BCUT2D eigenvalue weighted by molar-refractivity contribution is 0.208. The monoisotopic (exact) mass is 286 g/mol. The summed E-state index contributed by atoms with van der Waals surface area (Å²) in [4.78, 5) is 0. The fraction of sp³-hybridized carbons (Fsp3) is 0.600. The lowest BCUT2D eigenvalue weighted by atomic mass is 10.0. The van der Waals surface area contributed by atoms with Gasteiger partial charge in [0.2, 0.25) is 0 Å². The first kappa shape index (κ1) is 17.8. The summed E-state index contributed by atoms with van der Waals surface area (Å²) >= 11 is 0. The number of aliphatic hydroxyl groups is 1. The van der Waals surface area contributed by atoms with Gasteiger partial charge in [-0.2, -0.15) is 0 Å². The Balaban J connectivity index is 2.14. The zero-order valence-corrected chi connectivity index (χ0v) is 13.9. The van der Waals surface area contributed by atoms with E-state index < -0.39 is 0 Å². The summed E-state index contributed by atoms with van der Waals surface area (Å²) < 4.78 is 0. The molecule has 1 aliphatic rings. The summed E-state index contributed by atoms with van der Waals surface area (Å²) in [6.45, 7) is 6.26. The van der Waals surface area contributed by atoms with Crippen molar-refractivity contribution in [3.63, 3.8) is 0 Å². The van der Waals surface area contributed by atoms with Crippen LogP contribution in [0.15, 0.2) is 34.9 Å². The number of allylic oxidation sites excluding steroid dienone is 5. The molecule has 0 aliphatic heterocycles. The Morgan fingerprint density at radius 2 is 2.05 bits per heavy atom. The molecular formula is C20H30O. The maximum Gasteiger partial charge on any atom is 0.0755 e. The molecule has 0 spiro atoms. The third kappa shape index (κ3) is 7.34. The smallest absolute Gasteiger partial charge is 0.0755 e. The zero-order valence-electron chi connectivity index (χ0n) is 13.9. The Kier molecular flexibility index (Phi) is 8.87. The lowest BCUT2D eigenvalue weighted by Gasteiger charge is -2.07. The Hall–Kier alpha value is -1.26. The van der Waals surface area contributed by atoms with E-state index in [0.29, 0.717) is 0 Å². The van der Waals surface area contributed by atoms with Gasteiger partial charge in [-0.3, -0.25) is 0 Å². The maximum atomic E-state index is 9.86. The van der Waals surface area contributed by atoms with Gasteiger partial charge in [-0.15, -0.1) is 11.8 Å². The fourth-order valence-corrected chi connectivity index (χ4v) is 2.76. The van der Waals surface area contributed by atoms with Crippen LogP contribution in [-0.2, 0) is 0 Å². The molecule has 0 aromatic heterocycles. The number of rotatable bonds is 8. The van der Waals surface area contributed by atoms with Gasteiger partial charge in [-0.05, 0) is 71.3 Å². The molecule has 0 radical (unpaired) electrons. The van der Waals surface area contributed by atoms with Crippen molar-refractivity contribution in [2.75, 3.05) is 0 Å². The van der Waals surface area contributed by atoms with Crippen LogP contribution in [0.3, 0.4) is 0 Å². The van der Waals surface area contributed by atoms with Crippen molar-refractivity contribution < 1.29 is 5.11 Å². The van der Waals surface area contributed by atoms with Gasteiger partial charge in [0.05, 0.1) is 6.10 Å². The van der Waals surface area contributed by atoms with Crippen LogP contribution in [0, 0.1) is 11.8 Å². The molecule has 0 saturated carbocycles. The van der Waals surface area contributed by atoms with Gasteiger partial charge in [0.1, 0.15) is 0 Å². The van der Waals surface area contributed by atoms with E-state index in [1.165, 1.54) is 16.7 Å². The molecular weight excluding hydrogens is 256 g/mol. The SMILES string of the molecule is CC#CCCC=C(C)CC/C=C/CCC1=C(C)CCC1O. The van der Waals surface area contributed by atoms with Gasteiger partial charge in [-0.25, -0.2) is 0 Å². The van der Waals surface area contributed by atoms with E-state index in [9.17, 15) is 5.11 Å². The van der Waals surface area contributed by atoms with Crippen molar-refractivity contribution in [1.82, 2.24) is 0 Å². The Bertz CT molecular complexity index is 454. The van der Waals surface area contributed by atoms with Crippen LogP contribution in [-0.4, -0.2) is 11.2 Å². The van der Waals surface area contributed by atoms with E-state index in [1.54, 1.807) is 0 Å². The molecule has 0 fully saturated rings. The number of hydrogen-bond donors (Lipinski definition) is 1. The summed E-state index contributed by atoms with van der Waals surface area (Å²) in [6.07, 6.45) is 15.1. The van der Waals surface area contributed by atoms with Crippen molar-refractivity contribution >= 4 is 0 Å². The van der Waals surface area contributed by atoms with Crippen LogP contribution in [0.1, 0.15) is 72.1 Å². The maximum absolute atomic E-state index is 9.86. The number of unbranched alkanes of at least 4 members (excludes halogenated alkanes) is 1. The van der Waals surface area contributed by atoms with E-state index in [2.05, 4.69) is 43.9 Å². The van der Waals surface area contributed by atoms with Crippen LogP contribution in [0.2, 0.25) is 0 Å². The lowest BCUT2D eigenvalue weighted by Crippen LogP contribution is -2.04. The zero-order chi connectivity index (χ0) is 15.5. The summed E-state index contributed by atoms with van der Waals surface area (Å²) in [5.74, 6) is 6.01. The number of hydrogen-bond acceptors (Lipinski definition) is 1. The second-order valence-electron chi connectivity index (χ2n) is 5.92. The van der Waals surface area contributed by atoms with Gasteiger partial charge >= 0.3 is 0 Å². The molecule has 0 heterocycles. The van der Waals surface area contributed by atoms with E-state index in [1.807, 2.05) is 6.92 Å². The van der Waals surface area contributed by atoms with E-state index in [-0.39, 0.29) is 6.10 Å². The first-order chi connectivity index (χ1) is 10.1. The molecule has 1 aliphatic carbocycles. The predicted octanol–water partition coefficient (Wildman–Crippen LogP) is 5.32. The van der Waals surface area contributed by atoms with E-state index >= 15 is 0 Å². The second-order valence-corrected chi connectivity index (χ2v) is 5.92. The van der Waals surface area contributed by atoms with Crippen LogP contribution >= 0.6 is 0 Å². The highest BCUT2D eigenvalue weighted by Gasteiger charge is 2.19. The summed E-state index contributed by atoms with van der Waals surface area (Å²) in [6, 6.07) is 0. The number of aliphatic hydroxyl groups excluding tert-OH is 1. The Morgan fingerprint density at radius 3 is 2.71 bits per heavy atom. The topological polar surface area (TPSA) is 20.2 Å². The Labute approximate surface area is 130 Å². The van der Waals surface area contributed by atoms with Crippen LogP contribution in [0.25, 0.3) is 0 Å². The minimum Gasteiger partial charge on any atom is -0.389 e. The molecule has 0 aromatic carbocycles. The first-order valence-electron chi connectivity index (χ1n) is 8.22. The van der Waals surface area contributed by atoms with Gasteiger partial charge in [-0.1, -0.05) is 29.4 Å². The van der Waals surface area contributed by atoms with Gasteiger partial charge in [0.15, 0.2) is 0 Å². The van der Waals surface area contributed by atoms with Gasteiger partial charge in [0, 0.05) is 6.42 Å². The third-order valence-corrected chi connectivity index (χ3v) is 4.13. The van der Waals surface area contributed by atoms with Crippen molar-refractivity contribution in [2.45, 2.75) is 78.2 Å². The molecule has 1 atom stereocenters. The standard InChI is InChI=1S/C20H30O/c1-4-5-6-9-12-17(2)13-10-7-8-11-14-19-18(3)15-16-20(19)21/h7-8,12,20-21H,6,9-11,13-16H2,1-3H3/b8-7+,17-12?. The summed E-state index contributed by atoms with van der Waals surface area (Å²) in [5, 5.41) is 9.86. The van der Waals surface area contributed by atoms with Gasteiger partial charge in [0.25, 0.3) is 0 Å². The summed E-state index contributed by atoms with van der Waals surface area (Å²) in [5.41, 5.74) is 4.15. The quantitative estimate of drug-likeness (QED) is 0.363. The van der Waals surface area contributed by atoms with E-state index in [0.717, 1.165) is 51.4 Å². The molecule has 1 heteroatoms. The minimum absolute atomic E-state index is 0.171. The molecule has 0 saturated heterocycles. The normalized spacial score (nSPS) is 19.2. The van der Waals surface area contributed by atoms with Crippen LogP contribution in [0.4, 0.5) is 0 Å². The molecule has 21 heavy (non-hydrogen) atoms. The largest absolute Gasteiger partial charge is 0.389 e. The van der Waals surface area contributed by atoms with Crippen molar-refractivity contribution in [2.24, 2.45) is 0 Å². The minimum atomic E-state index is -0.171. The summed E-state index contributed by atoms with van der Waals surface area (Å²) in [7, 11) is 0. The molecule has 1 nitrogen and oxygen atoms in total. The molecule has 1 N–H and O–H groups in total.